The summed E-state index contributed by atoms with van der Waals surface area (Å²) in [6.07, 6.45) is 0. The maximum Gasteiger partial charge on any atom is 0.387 e. The third kappa shape index (κ3) is 4.51. The van der Waals surface area contributed by atoms with E-state index in [0.717, 1.165) is 11.3 Å². The number of aryl methyl sites for hydroxylation is 1. The van der Waals surface area contributed by atoms with E-state index in [4.69, 9.17) is 4.74 Å². The molecule has 24 heavy (non-hydrogen) atoms. The molecular formula is C16H15F2NO4S. The predicted octanol–water partition coefficient (Wildman–Crippen LogP) is 4.09. The van der Waals surface area contributed by atoms with Crippen LogP contribution >= 0.6 is 11.3 Å². The summed E-state index contributed by atoms with van der Waals surface area (Å²) in [4.78, 5) is 24.3. The van der Waals surface area contributed by atoms with Crippen LogP contribution < -0.4 is 10.1 Å². The number of alkyl halides is 2. The molecule has 0 saturated carbocycles. The van der Waals surface area contributed by atoms with Gasteiger partial charge in [0, 0.05) is 5.56 Å². The van der Waals surface area contributed by atoms with Gasteiger partial charge < -0.3 is 14.8 Å². The molecule has 5 nitrogen and oxygen atoms in total. The molecule has 1 amide bonds. The van der Waals surface area contributed by atoms with Crippen LogP contribution in [-0.4, -0.2) is 25.1 Å². The highest BCUT2D eigenvalue weighted by atomic mass is 32.1. The molecule has 2 aromatic rings. The summed E-state index contributed by atoms with van der Waals surface area (Å²) < 4.78 is 33.3. The summed E-state index contributed by atoms with van der Waals surface area (Å²) in [7, 11) is 0. The van der Waals surface area contributed by atoms with E-state index in [-0.39, 0.29) is 17.9 Å². The summed E-state index contributed by atoms with van der Waals surface area (Å²) >= 11 is 1.11. The van der Waals surface area contributed by atoms with Crippen LogP contribution in [0.25, 0.3) is 0 Å². The number of carbonyl (C=O) groups excluding carboxylic acids is 2. The Bertz CT molecular complexity index is 728. The van der Waals surface area contributed by atoms with Gasteiger partial charge in [-0.25, -0.2) is 4.79 Å². The number of hydrogen-bond donors (Lipinski definition) is 1. The number of amides is 1. The number of benzene rings is 1. The Morgan fingerprint density at radius 2 is 1.92 bits per heavy atom. The van der Waals surface area contributed by atoms with Gasteiger partial charge in [0.1, 0.15) is 10.6 Å². The van der Waals surface area contributed by atoms with Crippen LogP contribution in [0.3, 0.4) is 0 Å². The van der Waals surface area contributed by atoms with Crippen molar-refractivity contribution in [1.82, 2.24) is 0 Å². The molecule has 0 fully saturated rings. The molecule has 0 spiro atoms. The lowest BCUT2D eigenvalue weighted by atomic mass is 10.2. The van der Waals surface area contributed by atoms with Crippen molar-refractivity contribution in [3.05, 3.63) is 46.3 Å². The fraction of sp³-hybridized carbons (Fsp3) is 0.250. The lowest BCUT2D eigenvalue weighted by Gasteiger charge is -2.06. The largest absolute Gasteiger partial charge is 0.462 e. The van der Waals surface area contributed by atoms with Crippen LogP contribution in [0.2, 0.25) is 0 Å². The Kier molecular flexibility index (Phi) is 5.86. The molecule has 128 valence electrons. The zero-order valence-electron chi connectivity index (χ0n) is 13.0. The summed E-state index contributed by atoms with van der Waals surface area (Å²) in [5.41, 5.74) is 0.981. The maximum atomic E-state index is 12.2. The summed E-state index contributed by atoms with van der Waals surface area (Å²) in [6, 6.07) is 6.98. The SMILES string of the molecule is CCOC(=O)c1sc(NC(=O)c2ccc(OC(F)F)cc2)cc1C. The second kappa shape index (κ2) is 7.87. The van der Waals surface area contributed by atoms with Gasteiger partial charge in [-0.1, -0.05) is 0 Å². The number of esters is 1. The molecule has 2 rings (SSSR count). The molecule has 0 aliphatic carbocycles. The van der Waals surface area contributed by atoms with Crippen molar-refractivity contribution in [2.75, 3.05) is 11.9 Å². The second-order valence-corrected chi connectivity index (χ2v) is 5.75. The number of ether oxygens (including phenoxy) is 2. The van der Waals surface area contributed by atoms with E-state index in [9.17, 15) is 18.4 Å². The van der Waals surface area contributed by atoms with Crippen LogP contribution in [0, 0.1) is 6.92 Å². The first-order chi connectivity index (χ1) is 11.4. The Morgan fingerprint density at radius 3 is 2.50 bits per heavy atom. The van der Waals surface area contributed by atoms with Crippen LogP contribution in [0.4, 0.5) is 13.8 Å². The van der Waals surface area contributed by atoms with Crippen molar-refractivity contribution >= 4 is 28.2 Å². The molecule has 0 atom stereocenters. The zero-order chi connectivity index (χ0) is 17.7. The van der Waals surface area contributed by atoms with Gasteiger partial charge in [-0.05, 0) is 49.7 Å². The number of hydrogen-bond acceptors (Lipinski definition) is 5. The van der Waals surface area contributed by atoms with Crippen molar-refractivity contribution in [3.63, 3.8) is 0 Å². The standard InChI is InChI=1S/C16H15F2NO4S/c1-3-22-15(21)13-9(2)8-12(24-13)19-14(20)10-4-6-11(7-5-10)23-16(17)18/h4-8,16H,3H2,1-2H3,(H,19,20). The van der Waals surface area contributed by atoms with Crippen LogP contribution in [-0.2, 0) is 4.74 Å². The van der Waals surface area contributed by atoms with E-state index in [1.54, 1.807) is 19.9 Å². The minimum absolute atomic E-state index is 0.0295. The quantitative estimate of drug-likeness (QED) is 0.793. The number of thiophene rings is 1. The maximum absolute atomic E-state index is 12.2. The minimum Gasteiger partial charge on any atom is -0.462 e. The van der Waals surface area contributed by atoms with Crippen molar-refractivity contribution < 1.29 is 27.8 Å². The molecule has 0 saturated heterocycles. The molecule has 0 unspecified atom stereocenters. The lowest BCUT2D eigenvalue weighted by molar-refractivity contribution is -0.0498. The number of carbonyl (C=O) groups is 2. The predicted molar refractivity (Wildman–Crippen MR) is 86.0 cm³/mol. The zero-order valence-corrected chi connectivity index (χ0v) is 13.8. The third-order valence-electron chi connectivity index (χ3n) is 2.96. The van der Waals surface area contributed by atoms with Crippen molar-refractivity contribution in [1.29, 1.82) is 0 Å². The number of rotatable bonds is 6. The highest BCUT2D eigenvalue weighted by Gasteiger charge is 2.16. The third-order valence-corrected chi connectivity index (χ3v) is 4.09. The van der Waals surface area contributed by atoms with Gasteiger partial charge in [-0.15, -0.1) is 11.3 Å². The van der Waals surface area contributed by atoms with E-state index in [1.807, 2.05) is 0 Å². The van der Waals surface area contributed by atoms with Gasteiger partial charge in [0.2, 0.25) is 0 Å². The van der Waals surface area contributed by atoms with Crippen molar-refractivity contribution in [3.8, 4) is 5.75 Å². The number of nitrogens with one attached hydrogen (secondary N) is 1. The van der Waals surface area contributed by atoms with Crippen LogP contribution in [0.15, 0.2) is 30.3 Å². The van der Waals surface area contributed by atoms with E-state index in [0.29, 0.717) is 15.4 Å². The first kappa shape index (κ1) is 17.9. The molecule has 0 radical (unpaired) electrons. The van der Waals surface area contributed by atoms with E-state index in [2.05, 4.69) is 10.1 Å². The lowest BCUT2D eigenvalue weighted by Crippen LogP contribution is -2.11. The minimum atomic E-state index is -2.92. The van der Waals surface area contributed by atoms with E-state index >= 15 is 0 Å². The molecule has 0 aliphatic heterocycles. The first-order valence-corrected chi connectivity index (χ1v) is 7.86. The van der Waals surface area contributed by atoms with Gasteiger partial charge in [0.15, 0.2) is 0 Å². The Morgan fingerprint density at radius 1 is 1.25 bits per heavy atom. The molecular weight excluding hydrogens is 340 g/mol. The Labute approximate surface area is 141 Å². The molecule has 0 aliphatic rings. The number of anilines is 1. The summed E-state index contributed by atoms with van der Waals surface area (Å²) in [5.74, 6) is -0.887. The van der Waals surface area contributed by atoms with Gasteiger partial charge in [-0.3, -0.25) is 4.79 Å². The Hall–Kier alpha value is -2.48. The fourth-order valence-corrected chi connectivity index (χ4v) is 2.88. The van der Waals surface area contributed by atoms with E-state index < -0.39 is 18.5 Å². The topological polar surface area (TPSA) is 64.6 Å². The molecule has 1 aromatic heterocycles. The molecule has 1 heterocycles. The van der Waals surface area contributed by atoms with Crippen LogP contribution in [0.5, 0.6) is 5.75 Å². The van der Waals surface area contributed by atoms with Gasteiger partial charge in [0.05, 0.1) is 11.6 Å². The van der Waals surface area contributed by atoms with Crippen molar-refractivity contribution in [2.24, 2.45) is 0 Å². The normalized spacial score (nSPS) is 10.5. The monoisotopic (exact) mass is 355 g/mol. The molecule has 0 bridgehead atoms. The summed E-state index contributed by atoms with van der Waals surface area (Å²) in [6.45, 7) is 0.810. The highest BCUT2D eigenvalue weighted by Crippen LogP contribution is 2.28. The number of halogens is 2. The average Bonchev–Trinajstić information content (AvgIpc) is 2.88. The molecule has 1 aromatic carbocycles. The Balaban J connectivity index is 2.07. The van der Waals surface area contributed by atoms with Crippen molar-refractivity contribution in [2.45, 2.75) is 20.5 Å². The van der Waals surface area contributed by atoms with E-state index in [1.165, 1.54) is 24.3 Å². The second-order valence-electron chi connectivity index (χ2n) is 4.70. The van der Waals surface area contributed by atoms with Gasteiger partial charge in [-0.2, -0.15) is 8.78 Å². The molecule has 8 heteroatoms. The van der Waals surface area contributed by atoms with Gasteiger partial charge in [0.25, 0.3) is 5.91 Å². The highest BCUT2D eigenvalue weighted by molar-refractivity contribution is 7.18. The summed E-state index contributed by atoms with van der Waals surface area (Å²) in [5, 5.41) is 3.15. The molecule has 1 N–H and O–H groups in total. The van der Waals surface area contributed by atoms with Crippen LogP contribution in [0.1, 0.15) is 32.5 Å². The van der Waals surface area contributed by atoms with Gasteiger partial charge >= 0.3 is 12.6 Å². The first-order valence-electron chi connectivity index (χ1n) is 7.04. The smallest absolute Gasteiger partial charge is 0.387 e. The fourth-order valence-electron chi connectivity index (χ4n) is 1.91. The average molecular weight is 355 g/mol.